The van der Waals surface area contributed by atoms with Gasteiger partial charge in [-0.2, -0.15) is 0 Å². The third kappa shape index (κ3) is 5.59. The van der Waals surface area contributed by atoms with Gasteiger partial charge in [-0.25, -0.2) is 20.0 Å². The number of fused-ring (bicyclic) bond motifs is 1. The lowest BCUT2D eigenvalue weighted by Gasteiger charge is -2.08. The first-order valence-electron chi connectivity index (χ1n) is 12.7. The highest BCUT2D eigenvalue weighted by molar-refractivity contribution is 7.99. The van der Waals surface area contributed by atoms with Gasteiger partial charge in [0.2, 0.25) is 0 Å². The molecule has 6 aromatic rings. The minimum Gasteiger partial charge on any atom is -0.497 e. The molecule has 0 fully saturated rings. The van der Waals surface area contributed by atoms with Crippen molar-refractivity contribution < 1.29 is 4.74 Å². The molecule has 0 spiro atoms. The Hall–Kier alpha value is -4.53. The van der Waals surface area contributed by atoms with Crippen LogP contribution >= 0.6 is 23.1 Å². The standard InChI is InChI=1S/C32H25N5OS2/c1-22-13-15-23(16-14-22)29(35-24-9-5-3-6-10-24)36-32-37(25-17-19-26(38-2)20-18-25)30-28(40-32)31(34-21-33-30)39-27-11-7-4-8-12-27/h3-21H,1-2H3. The molecule has 2 aromatic heterocycles. The van der Waals surface area contributed by atoms with Crippen LogP contribution < -0.4 is 9.54 Å². The van der Waals surface area contributed by atoms with Gasteiger partial charge in [0.25, 0.3) is 0 Å². The first-order valence-corrected chi connectivity index (χ1v) is 14.3. The largest absolute Gasteiger partial charge is 0.497 e. The number of aliphatic imine (C=N–C) groups is 1. The highest BCUT2D eigenvalue weighted by Gasteiger charge is 2.16. The smallest absolute Gasteiger partial charge is 0.198 e. The van der Waals surface area contributed by atoms with Crippen molar-refractivity contribution in [2.45, 2.75) is 16.8 Å². The van der Waals surface area contributed by atoms with Gasteiger partial charge in [0, 0.05) is 10.5 Å². The van der Waals surface area contributed by atoms with Crippen LogP contribution in [0.4, 0.5) is 5.69 Å². The fourth-order valence-corrected chi connectivity index (χ4v) is 6.13. The second-order valence-electron chi connectivity index (χ2n) is 8.91. The van der Waals surface area contributed by atoms with Crippen LogP contribution in [0, 0.1) is 6.92 Å². The molecular weight excluding hydrogens is 535 g/mol. The minimum absolute atomic E-state index is 0.616. The van der Waals surface area contributed by atoms with Crippen molar-refractivity contribution in [3.05, 3.63) is 131 Å². The molecule has 0 unspecified atom stereocenters. The van der Waals surface area contributed by atoms with Gasteiger partial charge in [-0.15, -0.1) is 0 Å². The Morgan fingerprint density at radius 1 is 0.825 bits per heavy atom. The van der Waals surface area contributed by atoms with Gasteiger partial charge in [0.05, 0.1) is 18.5 Å². The third-order valence-corrected chi connectivity index (χ3v) is 8.32. The maximum atomic E-state index is 5.41. The van der Waals surface area contributed by atoms with E-state index in [1.54, 1.807) is 36.5 Å². The van der Waals surface area contributed by atoms with Crippen LogP contribution in [0.2, 0.25) is 0 Å². The normalized spacial score (nSPS) is 12.2. The number of aromatic nitrogens is 3. The summed E-state index contributed by atoms with van der Waals surface area (Å²) < 4.78 is 8.42. The number of amidine groups is 1. The molecule has 0 N–H and O–H groups in total. The molecule has 0 bridgehead atoms. The Bertz CT molecular complexity index is 1840. The van der Waals surface area contributed by atoms with E-state index in [-0.39, 0.29) is 0 Å². The zero-order valence-corrected chi connectivity index (χ0v) is 23.6. The number of ether oxygens (including phenoxy) is 1. The summed E-state index contributed by atoms with van der Waals surface area (Å²) in [5.41, 5.74) is 4.64. The lowest BCUT2D eigenvalue weighted by atomic mass is 10.1. The molecule has 0 radical (unpaired) electrons. The highest BCUT2D eigenvalue weighted by Crippen LogP contribution is 2.33. The molecule has 0 saturated heterocycles. The molecule has 0 aliphatic rings. The van der Waals surface area contributed by atoms with E-state index in [1.165, 1.54) is 5.56 Å². The second kappa shape index (κ2) is 11.7. The molecule has 2 heterocycles. The predicted molar refractivity (Wildman–Crippen MR) is 163 cm³/mol. The highest BCUT2D eigenvalue weighted by atomic mass is 32.2. The van der Waals surface area contributed by atoms with E-state index in [0.717, 1.165) is 47.8 Å². The molecule has 0 atom stereocenters. The number of hydrogen-bond donors (Lipinski definition) is 0. The minimum atomic E-state index is 0.616. The number of para-hydroxylation sites is 1. The predicted octanol–water partition coefficient (Wildman–Crippen LogP) is 7.63. The van der Waals surface area contributed by atoms with Gasteiger partial charge in [-0.3, -0.25) is 4.57 Å². The Morgan fingerprint density at radius 3 is 2.23 bits per heavy atom. The molecule has 0 amide bonds. The van der Waals surface area contributed by atoms with Gasteiger partial charge in [-0.1, -0.05) is 89.3 Å². The summed E-state index contributed by atoms with van der Waals surface area (Å²) in [6, 6.07) is 36.3. The summed E-state index contributed by atoms with van der Waals surface area (Å²) in [6.07, 6.45) is 1.61. The third-order valence-electron chi connectivity index (χ3n) is 6.14. The van der Waals surface area contributed by atoms with Crippen molar-refractivity contribution in [2.75, 3.05) is 7.11 Å². The number of benzene rings is 4. The maximum absolute atomic E-state index is 5.41. The number of nitrogens with zero attached hydrogens (tertiary/aromatic N) is 5. The van der Waals surface area contributed by atoms with Gasteiger partial charge in [0.15, 0.2) is 16.3 Å². The molecule has 6 nitrogen and oxygen atoms in total. The van der Waals surface area contributed by atoms with Crippen LogP contribution in [-0.4, -0.2) is 27.5 Å². The zero-order valence-electron chi connectivity index (χ0n) is 21.9. The summed E-state index contributed by atoms with van der Waals surface area (Å²) >= 11 is 3.16. The Kier molecular flexibility index (Phi) is 7.52. The molecule has 196 valence electrons. The molecule has 0 aliphatic carbocycles. The van der Waals surface area contributed by atoms with Crippen LogP contribution in [0.5, 0.6) is 5.75 Å². The lowest BCUT2D eigenvalue weighted by molar-refractivity contribution is 0.415. The number of rotatable bonds is 6. The second-order valence-corrected chi connectivity index (χ2v) is 11.0. The number of thiazole rings is 1. The van der Waals surface area contributed by atoms with Crippen molar-refractivity contribution in [2.24, 2.45) is 9.98 Å². The number of hydrogen-bond acceptors (Lipinski definition) is 6. The van der Waals surface area contributed by atoms with Crippen molar-refractivity contribution in [3.8, 4) is 11.4 Å². The van der Waals surface area contributed by atoms with Gasteiger partial charge in [0.1, 0.15) is 21.8 Å². The fraction of sp³-hybridized carbons (Fsp3) is 0.0625. The van der Waals surface area contributed by atoms with Crippen molar-refractivity contribution >= 4 is 45.0 Å². The van der Waals surface area contributed by atoms with Crippen LogP contribution in [0.3, 0.4) is 0 Å². The summed E-state index contributed by atoms with van der Waals surface area (Å²) in [5.74, 6) is 1.40. The quantitative estimate of drug-likeness (QED) is 0.120. The Morgan fingerprint density at radius 2 is 1.52 bits per heavy atom. The number of aryl methyl sites for hydroxylation is 1. The summed E-state index contributed by atoms with van der Waals surface area (Å²) in [6.45, 7) is 2.07. The van der Waals surface area contributed by atoms with Gasteiger partial charge < -0.3 is 4.74 Å². The van der Waals surface area contributed by atoms with Crippen molar-refractivity contribution in [3.63, 3.8) is 0 Å². The van der Waals surface area contributed by atoms with E-state index in [1.807, 2.05) is 72.8 Å². The van der Waals surface area contributed by atoms with Crippen LogP contribution in [0.15, 0.2) is 135 Å². The molecule has 6 rings (SSSR count). The lowest BCUT2D eigenvalue weighted by Crippen LogP contribution is -2.16. The van der Waals surface area contributed by atoms with Gasteiger partial charge >= 0.3 is 0 Å². The number of methoxy groups -OCH3 is 1. The van der Waals surface area contributed by atoms with E-state index in [0.29, 0.717) is 5.84 Å². The molecular formula is C32H25N5OS2. The average Bonchev–Trinajstić information content (AvgIpc) is 3.37. The first kappa shape index (κ1) is 25.7. The van der Waals surface area contributed by atoms with Crippen molar-refractivity contribution in [1.29, 1.82) is 0 Å². The van der Waals surface area contributed by atoms with Crippen LogP contribution in [-0.2, 0) is 0 Å². The van der Waals surface area contributed by atoms with E-state index in [9.17, 15) is 0 Å². The van der Waals surface area contributed by atoms with Crippen LogP contribution in [0.25, 0.3) is 16.0 Å². The fourth-order valence-electron chi connectivity index (χ4n) is 4.11. The summed E-state index contributed by atoms with van der Waals surface area (Å²) in [7, 11) is 1.66. The summed E-state index contributed by atoms with van der Waals surface area (Å²) in [4.78, 5) is 21.4. The first-order chi connectivity index (χ1) is 19.7. The Balaban J connectivity index is 1.60. The molecule has 8 heteroatoms. The van der Waals surface area contributed by atoms with E-state index in [4.69, 9.17) is 19.7 Å². The molecule has 0 aliphatic heterocycles. The average molecular weight is 560 g/mol. The molecule has 0 saturated carbocycles. The van der Waals surface area contributed by atoms with Crippen LogP contribution in [0.1, 0.15) is 11.1 Å². The SMILES string of the molecule is COc1ccc(-n2c(=NC(=Nc3ccccc3)c3ccc(C)cc3)sc3c(Sc4ccccc4)ncnc32)cc1. The molecule has 4 aromatic carbocycles. The summed E-state index contributed by atoms with van der Waals surface area (Å²) in [5, 5.41) is 0.877. The van der Waals surface area contributed by atoms with E-state index in [2.05, 4.69) is 52.9 Å². The maximum Gasteiger partial charge on any atom is 0.198 e. The van der Waals surface area contributed by atoms with Gasteiger partial charge in [-0.05, 0) is 55.5 Å². The van der Waals surface area contributed by atoms with E-state index >= 15 is 0 Å². The van der Waals surface area contributed by atoms with Crippen molar-refractivity contribution in [1.82, 2.24) is 14.5 Å². The van der Waals surface area contributed by atoms with E-state index < -0.39 is 0 Å². The Labute approximate surface area is 240 Å². The molecule has 40 heavy (non-hydrogen) atoms. The monoisotopic (exact) mass is 559 g/mol. The topological polar surface area (TPSA) is 64.7 Å². The zero-order chi connectivity index (χ0) is 27.3.